The fourth-order valence-corrected chi connectivity index (χ4v) is 4.43. The molecule has 0 radical (unpaired) electrons. The molecule has 1 saturated heterocycles. The van der Waals surface area contributed by atoms with Crippen LogP contribution in [-0.2, 0) is 15.1 Å². The van der Waals surface area contributed by atoms with E-state index in [1.807, 2.05) is 0 Å². The minimum absolute atomic E-state index is 0.0766. The van der Waals surface area contributed by atoms with Gasteiger partial charge in [0.1, 0.15) is 6.23 Å². The van der Waals surface area contributed by atoms with Gasteiger partial charge in [0.05, 0.1) is 11.5 Å². The number of nitrogens with zero attached hydrogens (tertiary/aromatic N) is 2. The maximum absolute atomic E-state index is 13.2. The van der Waals surface area contributed by atoms with Gasteiger partial charge in [0.2, 0.25) is 0 Å². The summed E-state index contributed by atoms with van der Waals surface area (Å²) in [5, 5.41) is 21.7. The Morgan fingerprint density at radius 1 is 1.29 bits per heavy atom. The SMILES string of the molecule is CCOC(=O)[C@@]12c3ccccc3C(=O)N1[C@@H](O)C[C@@H]2c1ccc([N+](=O)[O-])cc1. The molecule has 2 aliphatic heterocycles. The molecule has 0 aliphatic carbocycles. The number of esters is 1. The van der Waals surface area contributed by atoms with Gasteiger partial charge in [0, 0.05) is 35.6 Å². The van der Waals surface area contributed by atoms with Gasteiger partial charge in [-0.05, 0) is 18.6 Å². The number of carbonyl (C=O) groups excluding carboxylic acids is 2. The number of non-ortho nitro benzene ring substituents is 1. The Bertz CT molecular complexity index is 973. The molecule has 2 aliphatic rings. The van der Waals surface area contributed by atoms with Crippen LogP contribution in [0.3, 0.4) is 0 Å². The van der Waals surface area contributed by atoms with Crippen LogP contribution in [0.15, 0.2) is 48.5 Å². The first kappa shape index (κ1) is 18.1. The van der Waals surface area contributed by atoms with Crippen molar-refractivity contribution in [1.82, 2.24) is 4.90 Å². The zero-order valence-electron chi connectivity index (χ0n) is 15.1. The third kappa shape index (κ3) is 2.27. The van der Waals surface area contributed by atoms with E-state index < -0.39 is 34.5 Å². The molecule has 8 nitrogen and oxygen atoms in total. The van der Waals surface area contributed by atoms with Crippen LogP contribution < -0.4 is 0 Å². The second kappa shape index (κ2) is 6.42. The summed E-state index contributed by atoms with van der Waals surface area (Å²) >= 11 is 0. The van der Waals surface area contributed by atoms with Crippen LogP contribution in [0.25, 0.3) is 0 Å². The molecule has 28 heavy (non-hydrogen) atoms. The van der Waals surface area contributed by atoms with Gasteiger partial charge in [-0.15, -0.1) is 0 Å². The van der Waals surface area contributed by atoms with Crippen molar-refractivity contribution in [2.45, 2.75) is 31.0 Å². The lowest BCUT2D eigenvalue weighted by atomic mass is 9.75. The van der Waals surface area contributed by atoms with Crippen molar-refractivity contribution in [3.63, 3.8) is 0 Å². The average molecular weight is 382 g/mol. The molecule has 2 aromatic rings. The van der Waals surface area contributed by atoms with Crippen LogP contribution in [0.5, 0.6) is 0 Å². The van der Waals surface area contributed by atoms with Crippen molar-refractivity contribution in [2.75, 3.05) is 6.61 Å². The van der Waals surface area contributed by atoms with Gasteiger partial charge >= 0.3 is 5.97 Å². The number of carbonyl (C=O) groups is 2. The number of nitro groups is 1. The van der Waals surface area contributed by atoms with E-state index in [9.17, 15) is 24.8 Å². The molecule has 1 fully saturated rings. The highest BCUT2D eigenvalue weighted by atomic mass is 16.6. The molecule has 1 amide bonds. The summed E-state index contributed by atoms with van der Waals surface area (Å²) in [6.07, 6.45) is -1.05. The van der Waals surface area contributed by atoms with Gasteiger partial charge in [-0.2, -0.15) is 0 Å². The third-order valence-corrected chi connectivity index (χ3v) is 5.51. The Morgan fingerprint density at radius 2 is 1.96 bits per heavy atom. The second-order valence-electron chi connectivity index (χ2n) is 6.83. The van der Waals surface area contributed by atoms with Crippen LogP contribution in [-0.4, -0.2) is 39.6 Å². The van der Waals surface area contributed by atoms with Gasteiger partial charge in [0.15, 0.2) is 5.54 Å². The van der Waals surface area contributed by atoms with E-state index in [2.05, 4.69) is 0 Å². The second-order valence-corrected chi connectivity index (χ2v) is 6.83. The number of hydrogen-bond acceptors (Lipinski definition) is 6. The Balaban J connectivity index is 1.93. The smallest absolute Gasteiger partial charge is 0.337 e. The number of amides is 1. The lowest BCUT2D eigenvalue weighted by Crippen LogP contribution is -2.51. The molecule has 2 heterocycles. The average Bonchev–Trinajstić information content (AvgIpc) is 3.15. The number of benzene rings is 2. The summed E-state index contributed by atoms with van der Waals surface area (Å²) in [6, 6.07) is 12.6. The molecule has 0 aromatic heterocycles. The molecular weight excluding hydrogens is 364 g/mol. The minimum atomic E-state index is -1.50. The predicted molar refractivity (Wildman–Crippen MR) is 97.4 cm³/mol. The van der Waals surface area contributed by atoms with Crippen LogP contribution in [0.4, 0.5) is 5.69 Å². The van der Waals surface area contributed by atoms with Crippen molar-refractivity contribution < 1.29 is 24.4 Å². The molecule has 0 bridgehead atoms. The van der Waals surface area contributed by atoms with E-state index in [4.69, 9.17) is 4.74 Å². The zero-order chi connectivity index (χ0) is 20.1. The lowest BCUT2D eigenvalue weighted by Gasteiger charge is -2.35. The third-order valence-electron chi connectivity index (χ3n) is 5.51. The standard InChI is InChI=1S/C20H18N2O6/c1-2-28-19(25)20-15-6-4-3-5-14(15)18(24)21(20)17(23)11-16(20)12-7-9-13(10-8-12)22(26)27/h3-10,16-17,23H,2,11H2,1H3/t16-,17+,20+/m1/s1. The van der Waals surface area contributed by atoms with Crippen LogP contribution >= 0.6 is 0 Å². The van der Waals surface area contributed by atoms with E-state index in [-0.39, 0.29) is 18.7 Å². The topological polar surface area (TPSA) is 110 Å². The minimum Gasteiger partial charge on any atom is -0.464 e. The summed E-state index contributed by atoms with van der Waals surface area (Å²) in [5.41, 5.74) is -0.129. The molecule has 2 aromatic carbocycles. The number of aliphatic hydroxyl groups excluding tert-OH is 1. The predicted octanol–water partition coefficient (Wildman–Crippen LogP) is 2.31. The van der Waals surface area contributed by atoms with E-state index in [1.165, 1.54) is 17.0 Å². The number of hydrogen-bond donors (Lipinski definition) is 1. The monoisotopic (exact) mass is 382 g/mol. The fourth-order valence-electron chi connectivity index (χ4n) is 4.43. The summed E-state index contributed by atoms with van der Waals surface area (Å²) in [6.45, 7) is 1.79. The highest BCUT2D eigenvalue weighted by molar-refractivity contribution is 6.07. The molecule has 0 spiro atoms. The maximum atomic E-state index is 13.2. The normalized spacial score (nSPS) is 25.4. The number of aliphatic hydroxyl groups is 1. The summed E-state index contributed by atoms with van der Waals surface area (Å²) < 4.78 is 5.35. The summed E-state index contributed by atoms with van der Waals surface area (Å²) in [4.78, 5) is 37.9. The highest BCUT2D eigenvalue weighted by Gasteiger charge is 2.66. The Morgan fingerprint density at radius 3 is 2.61 bits per heavy atom. The van der Waals surface area contributed by atoms with Crippen molar-refractivity contribution in [1.29, 1.82) is 0 Å². The summed E-state index contributed by atoms with van der Waals surface area (Å²) in [5.74, 6) is -1.65. The molecule has 4 rings (SSSR count). The van der Waals surface area contributed by atoms with E-state index in [0.29, 0.717) is 16.7 Å². The molecule has 1 N–H and O–H groups in total. The van der Waals surface area contributed by atoms with Gasteiger partial charge in [-0.3, -0.25) is 19.8 Å². The number of rotatable bonds is 4. The molecular formula is C20H18N2O6. The maximum Gasteiger partial charge on any atom is 0.337 e. The molecule has 8 heteroatoms. The molecule has 3 atom stereocenters. The van der Waals surface area contributed by atoms with E-state index >= 15 is 0 Å². The van der Waals surface area contributed by atoms with Crippen LogP contribution in [0.2, 0.25) is 0 Å². The largest absolute Gasteiger partial charge is 0.464 e. The number of nitro benzene ring substituents is 1. The van der Waals surface area contributed by atoms with Crippen LogP contribution in [0.1, 0.15) is 40.7 Å². The van der Waals surface area contributed by atoms with Crippen molar-refractivity contribution in [2.24, 2.45) is 0 Å². The quantitative estimate of drug-likeness (QED) is 0.494. The molecule has 144 valence electrons. The summed E-state index contributed by atoms with van der Waals surface area (Å²) in [7, 11) is 0. The van der Waals surface area contributed by atoms with Crippen molar-refractivity contribution in [3.8, 4) is 0 Å². The zero-order valence-corrected chi connectivity index (χ0v) is 15.1. The van der Waals surface area contributed by atoms with Crippen molar-refractivity contribution >= 4 is 17.6 Å². The van der Waals surface area contributed by atoms with Gasteiger partial charge in [-0.1, -0.05) is 30.3 Å². The molecule has 0 saturated carbocycles. The van der Waals surface area contributed by atoms with E-state index in [0.717, 1.165) is 0 Å². The Kier molecular flexibility index (Phi) is 4.15. The first-order valence-electron chi connectivity index (χ1n) is 8.95. The van der Waals surface area contributed by atoms with Gasteiger partial charge < -0.3 is 9.84 Å². The molecule has 0 unspecified atom stereocenters. The first-order chi connectivity index (χ1) is 13.4. The number of ether oxygens (including phenoxy) is 1. The van der Waals surface area contributed by atoms with Gasteiger partial charge in [0.25, 0.3) is 11.6 Å². The van der Waals surface area contributed by atoms with E-state index in [1.54, 1.807) is 43.3 Å². The van der Waals surface area contributed by atoms with Crippen molar-refractivity contribution in [3.05, 3.63) is 75.3 Å². The number of fused-ring (bicyclic) bond motifs is 3. The highest BCUT2D eigenvalue weighted by Crippen LogP contribution is 2.56. The van der Waals surface area contributed by atoms with Gasteiger partial charge in [-0.25, -0.2) is 4.79 Å². The Hall–Kier alpha value is -3.26. The first-order valence-corrected chi connectivity index (χ1v) is 8.95. The Labute approximate surface area is 160 Å². The fraction of sp³-hybridized carbons (Fsp3) is 0.300. The van der Waals surface area contributed by atoms with Crippen LogP contribution in [0, 0.1) is 10.1 Å². The lowest BCUT2D eigenvalue weighted by molar-refractivity contribution is -0.384.